The average Bonchev–Trinajstić information content (AvgIpc) is 2.84. The van der Waals surface area contributed by atoms with Crippen molar-refractivity contribution in [1.82, 2.24) is 4.72 Å². The first-order chi connectivity index (χ1) is 7.40. The number of rotatable bonds is 4. The SMILES string of the molecule is Nc1sc(S(=O)(=O)NC2CC2)cc1[N+](=O)[O-]. The lowest BCUT2D eigenvalue weighted by Gasteiger charge is -2.00. The highest BCUT2D eigenvalue weighted by atomic mass is 32.2. The standard InChI is InChI=1S/C7H9N3O4S2/c8-7-5(10(11)12)3-6(15-7)16(13,14)9-4-1-2-4/h3-4,9H,1-2,8H2. The van der Waals surface area contributed by atoms with Gasteiger partial charge in [-0.25, -0.2) is 13.1 Å². The van der Waals surface area contributed by atoms with E-state index in [9.17, 15) is 18.5 Å². The van der Waals surface area contributed by atoms with Gasteiger partial charge in [-0.05, 0) is 12.8 Å². The third-order valence-electron chi connectivity index (χ3n) is 2.08. The van der Waals surface area contributed by atoms with Crippen molar-refractivity contribution in [2.24, 2.45) is 0 Å². The smallest absolute Gasteiger partial charge is 0.304 e. The molecule has 0 bridgehead atoms. The molecule has 2 rings (SSSR count). The predicted octanol–water partition coefficient (Wildman–Crippen LogP) is 0.679. The second-order valence-corrected chi connectivity index (χ2v) is 6.49. The Morgan fingerprint density at radius 3 is 2.62 bits per heavy atom. The summed E-state index contributed by atoms with van der Waals surface area (Å²) in [5.41, 5.74) is 5.01. The molecule has 1 heterocycles. The van der Waals surface area contributed by atoms with Crippen LogP contribution >= 0.6 is 11.3 Å². The number of nitrogens with two attached hydrogens (primary N) is 1. The molecule has 88 valence electrons. The number of nitrogens with zero attached hydrogens (tertiary/aromatic N) is 1. The van der Waals surface area contributed by atoms with Crippen LogP contribution in [-0.4, -0.2) is 19.4 Å². The Kier molecular flexibility index (Phi) is 2.60. The molecule has 1 aliphatic carbocycles. The molecule has 0 aromatic carbocycles. The molecular weight excluding hydrogens is 254 g/mol. The van der Waals surface area contributed by atoms with E-state index in [4.69, 9.17) is 5.73 Å². The van der Waals surface area contributed by atoms with Crippen LogP contribution in [0.25, 0.3) is 0 Å². The van der Waals surface area contributed by atoms with Crippen LogP contribution in [0.2, 0.25) is 0 Å². The van der Waals surface area contributed by atoms with Gasteiger partial charge in [0.2, 0.25) is 0 Å². The van der Waals surface area contributed by atoms with Crippen molar-refractivity contribution in [3.05, 3.63) is 16.2 Å². The maximum absolute atomic E-state index is 11.7. The highest BCUT2D eigenvalue weighted by Crippen LogP contribution is 2.35. The lowest BCUT2D eigenvalue weighted by atomic mass is 10.5. The van der Waals surface area contributed by atoms with Crippen LogP contribution < -0.4 is 10.5 Å². The molecule has 16 heavy (non-hydrogen) atoms. The quantitative estimate of drug-likeness (QED) is 0.612. The highest BCUT2D eigenvalue weighted by molar-refractivity contribution is 7.91. The fraction of sp³-hybridized carbons (Fsp3) is 0.429. The van der Waals surface area contributed by atoms with E-state index in [1.165, 1.54) is 0 Å². The van der Waals surface area contributed by atoms with Crippen LogP contribution in [0, 0.1) is 10.1 Å². The van der Waals surface area contributed by atoms with Gasteiger partial charge in [0.15, 0.2) is 5.00 Å². The van der Waals surface area contributed by atoms with E-state index in [1.807, 2.05) is 0 Å². The third kappa shape index (κ3) is 2.15. The summed E-state index contributed by atoms with van der Waals surface area (Å²) in [6, 6.07) is 0.956. The Morgan fingerprint density at radius 1 is 1.56 bits per heavy atom. The molecule has 3 N–H and O–H groups in total. The molecule has 9 heteroatoms. The summed E-state index contributed by atoms with van der Waals surface area (Å²) in [7, 11) is -3.65. The highest BCUT2D eigenvalue weighted by Gasteiger charge is 2.31. The number of nitrogens with one attached hydrogen (secondary N) is 1. The summed E-state index contributed by atoms with van der Waals surface area (Å²) < 4.78 is 25.7. The van der Waals surface area contributed by atoms with Crippen LogP contribution in [0.15, 0.2) is 10.3 Å². The molecule has 0 amide bonds. The van der Waals surface area contributed by atoms with Gasteiger partial charge in [-0.15, -0.1) is 0 Å². The van der Waals surface area contributed by atoms with E-state index in [-0.39, 0.29) is 20.9 Å². The number of hydrogen-bond donors (Lipinski definition) is 2. The minimum Gasteiger partial charge on any atom is -0.385 e. The van der Waals surface area contributed by atoms with E-state index in [1.54, 1.807) is 0 Å². The van der Waals surface area contributed by atoms with Crippen LogP contribution in [-0.2, 0) is 10.0 Å². The van der Waals surface area contributed by atoms with Gasteiger partial charge in [0, 0.05) is 12.1 Å². The summed E-state index contributed by atoms with van der Waals surface area (Å²) in [5.74, 6) is 0. The predicted molar refractivity (Wildman–Crippen MR) is 58.7 cm³/mol. The Labute approximate surface area is 95.5 Å². The fourth-order valence-corrected chi connectivity index (χ4v) is 3.66. The van der Waals surface area contributed by atoms with Crippen molar-refractivity contribution in [3.63, 3.8) is 0 Å². The summed E-state index contributed by atoms with van der Waals surface area (Å²) >= 11 is 0.705. The fourth-order valence-electron chi connectivity index (χ4n) is 1.13. The number of nitrogen functional groups attached to an aromatic ring is 1. The second-order valence-electron chi connectivity index (χ2n) is 3.47. The van der Waals surface area contributed by atoms with Crippen molar-refractivity contribution in [2.75, 3.05) is 5.73 Å². The normalized spacial score (nSPS) is 16.2. The molecule has 0 unspecified atom stereocenters. The maximum Gasteiger partial charge on any atom is 0.304 e. The number of sulfonamides is 1. The minimum absolute atomic E-state index is 0.0348. The van der Waals surface area contributed by atoms with E-state index >= 15 is 0 Å². The number of anilines is 1. The molecule has 1 fully saturated rings. The molecule has 0 aliphatic heterocycles. The van der Waals surface area contributed by atoms with Gasteiger partial charge in [-0.2, -0.15) is 0 Å². The molecular formula is C7H9N3O4S2. The molecule has 1 aliphatic rings. The van der Waals surface area contributed by atoms with Gasteiger partial charge in [0.25, 0.3) is 10.0 Å². The zero-order valence-electron chi connectivity index (χ0n) is 8.04. The van der Waals surface area contributed by atoms with Crippen LogP contribution in [0.5, 0.6) is 0 Å². The monoisotopic (exact) mass is 263 g/mol. The molecule has 1 saturated carbocycles. The van der Waals surface area contributed by atoms with E-state index in [0.717, 1.165) is 18.9 Å². The first kappa shape index (κ1) is 11.3. The van der Waals surface area contributed by atoms with Crippen molar-refractivity contribution in [2.45, 2.75) is 23.1 Å². The molecule has 7 nitrogen and oxygen atoms in total. The van der Waals surface area contributed by atoms with Crippen molar-refractivity contribution >= 4 is 32.0 Å². The molecule has 1 aromatic rings. The largest absolute Gasteiger partial charge is 0.385 e. The lowest BCUT2D eigenvalue weighted by Crippen LogP contribution is -2.24. The lowest BCUT2D eigenvalue weighted by molar-refractivity contribution is -0.383. The summed E-state index contributed by atoms with van der Waals surface area (Å²) in [4.78, 5) is 9.82. The molecule has 0 radical (unpaired) electrons. The van der Waals surface area contributed by atoms with Gasteiger partial charge in [-0.3, -0.25) is 10.1 Å². The molecule has 0 spiro atoms. The van der Waals surface area contributed by atoms with Crippen LogP contribution in [0.3, 0.4) is 0 Å². The van der Waals surface area contributed by atoms with Gasteiger partial charge in [0.05, 0.1) is 4.92 Å². The maximum atomic E-state index is 11.7. The zero-order valence-corrected chi connectivity index (χ0v) is 9.68. The Bertz CT molecular complexity index is 532. The van der Waals surface area contributed by atoms with Crippen molar-refractivity contribution < 1.29 is 13.3 Å². The van der Waals surface area contributed by atoms with Crippen LogP contribution in [0.1, 0.15) is 12.8 Å². The summed E-state index contributed by atoms with van der Waals surface area (Å²) in [6.45, 7) is 0. The van der Waals surface area contributed by atoms with Gasteiger partial charge in [-0.1, -0.05) is 11.3 Å². The van der Waals surface area contributed by atoms with E-state index < -0.39 is 14.9 Å². The molecule has 1 aromatic heterocycles. The van der Waals surface area contributed by atoms with E-state index in [0.29, 0.717) is 11.3 Å². The Balaban J connectivity index is 2.32. The minimum atomic E-state index is -3.65. The first-order valence-electron chi connectivity index (χ1n) is 4.46. The molecule has 0 saturated heterocycles. The summed E-state index contributed by atoms with van der Waals surface area (Å²) in [5, 5.41) is 10.4. The van der Waals surface area contributed by atoms with Gasteiger partial charge < -0.3 is 5.73 Å². The first-order valence-corrected chi connectivity index (χ1v) is 6.76. The second kappa shape index (κ2) is 3.68. The van der Waals surface area contributed by atoms with Gasteiger partial charge in [0.1, 0.15) is 4.21 Å². The van der Waals surface area contributed by atoms with Crippen molar-refractivity contribution in [3.8, 4) is 0 Å². The Morgan fingerprint density at radius 2 is 2.19 bits per heavy atom. The third-order valence-corrected chi connectivity index (χ3v) is 5.03. The van der Waals surface area contributed by atoms with Crippen molar-refractivity contribution in [1.29, 1.82) is 0 Å². The summed E-state index contributed by atoms with van der Waals surface area (Å²) in [6.07, 6.45) is 1.62. The van der Waals surface area contributed by atoms with Crippen LogP contribution in [0.4, 0.5) is 10.7 Å². The number of nitro groups is 1. The van der Waals surface area contributed by atoms with E-state index in [2.05, 4.69) is 4.72 Å². The Hall–Kier alpha value is -1.19. The number of hydrogen-bond acceptors (Lipinski definition) is 6. The molecule has 0 atom stereocenters. The van der Waals surface area contributed by atoms with Gasteiger partial charge >= 0.3 is 5.69 Å². The average molecular weight is 263 g/mol. The zero-order chi connectivity index (χ0) is 11.9. The topological polar surface area (TPSA) is 115 Å². The number of thiophene rings is 1.